The van der Waals surface area contributed by atoms with Crippen molar-refractivity contribution in [1.82, 2.24) is 5.32 Å². The van der Waals surface area contributed by atoms with Crippen molar-refractivity contribution in [2.45, 2.75) is 58.5 Å². The van der Waals surface area contributed by atoms with Gasteiger partial charge in [0.15, 0.2) is 0 Å². The van der Waals surface area contributed by atoms with Gasteiger partial charge >= 0.3 is 0 Å². The second-order valence-corrected chi connectivity index (χ2v) is 3.69. The van der Waals surface area contributed by atoms with E-state index in [4.69, 9.17) is 5.73 Å². The van der Waals surface area contributed by atoms with E-state index in [1.807, 2.05) is 0 Å². The molecule has 0 aromatic heterocycles. The molecule has 0 aromatic rings. The maximum Gasteiger partial charge on any atom is 0.234 e. The minimum Gasteiger partial charge on any atom is -0.368 e. The Bertz CT molecular complexity index is 148. The number of carbonyl (C=O) groups excluding carboxylic acids is 1. The lowest BCUT2D eigenvalue weighted by molar-refractivity contribution is -0.119. The van der Waals surface area contributed by atoms with Crippen LogP contribution >= 0.6 is 0 Å². The minimum absolute atomic E-state index is 0.211. The lowest BCUT2D eigenvalue weighted by Gasteiger charge is -2.17. The average molecular weight is 186 g/mol. The van der Waals surface area contributed by atoms with Crippen molar-refractivity contribution >= 4 is 5.91 Å². The Morgan fingerprint density at radius 2 is 2.00 bits per heavy atom. The molecule has 2 unspecified atom stereocenters. The van der Waals surface area contributed by atoms with Crippen LogP contribution < -0.4 is 11.1 Å². The summed E-state index contributed by atoms with van der Waals surface area (Å²) in [7, 11) is 0. The van der Waals surface area contributed by atoms with Gasteiger partial charge in [-0.1, -0.05) is 26.2 Å². The summed E-state index contributed by atoms with van der Waals surface area (Å²) in [5.74, 6) is -0.276. The van der Waals surface area contributed by atoms with E-state index < -0.39 is 0 Å². The van der Waals surface area contributed by atoms with Crippen molar-refractivity contribution in [2.24, 2.45) is 5.73 Å². The number of unbranched alkanes of at least 4 members (excludes halogenated alkanes) is 2. The first kappa shape index (κ1) is 12.4. The van der Waals surface area contributed by atoms with E-state index >= 15 is 0 Å². The van der Waals surface area contributed by atoms with E-state index in [1.165, 1.54) is 19.3 Å². The van der Waals surface area contributed by atoms with Crippen molar-refractivity contribution in [2.75, 3.05) is 0 Å². The van der Waals surface area contributed by atoms with E-state index in [0.29, 0.717) is 6.04 Å². The van der Waals surface area contributed by atoms with Crippen LogP contribution in [-0.2, 0) is 4.79 Å². The van der Waals surface area contributed by atoms with Gasteiger partial charge in [0.25, 0.3) is 0 Å². The van der Waals surface area contributed by atoms with Crippen molar-refractivity contribution in [3.8, 4) is 0 Å². The Hall–Kier alpha value is -0.570. The molecule has 0 aromatic carbocycles. The lowest BCUT2D eigenvalue weighted by Crippen LogP contribution is -2.43. The monoisotopic (exact) mass is 186 g/mol. The van der Waals surface area contributed by atoms with Crippen LogP contribution in [0.25, 0.3) is 0 Å². The van der Waals surface area contributed by atoms with E-state index in [1.54, 1.807) is 6.92 Å². The van der Waals surface area contributed by atoms with E-state index in [2.05, 4.69) is 19.2 Å². The number of hydrogen-bond donors (Lipinski definition) is 2. The summed E-state index contributed by atoms with van der Waals surface area (Å²) in [6, 6.07) is 0.172. The average Bonchev–Trinajstić information content (AvgIpc) is 2.04. The van der Waals surface area contributed by atoms with E-state index in [-0.39, 0.29) is 11.9 Å². The van der Waals surface area contributed by atoms with Crippen LogP contribution in [0, 0.1) is 0 Å². The predicted octanol–water partition coefficient (Wildman–Crippen LogP) is 1.42. The maximum atomic E-state index is 10.7. The topological polar surface area (TPSA) is 55.1 Å². The summed E-state index contributed by atoms with van der Waals surface area (Å²) in [6.45, 7) is 6.08. The first-order valence-corrected chi connectivity index (χ1v) is 5.13. The lowest BCUT2D eigenvalue weighted by atomic mass is 10.1. The highest BCUT2D eigenvalue weighted by atomic mass is 16.1. The summed E-state index contributed by atoms with van der Waals surface area (Å²) < 4.78 is 0. The van der Waals surface area contributed by atoms with Gasteiger partial charge in [0.05, 0.1) is 6.04 Å². The Labute approximate surface area is 81.1 Å². The molecular weight excluding hydrogens is 164 g/mol. The fourth-order valence-corrected chi connectivity index (χ4v) is 1.29. The van der Waals surface area contributed by atoms with E-state index in [9.17, 15) is 4.79 Å². The van der Waals surface area contributed by atoms with Gasteiger partial charge in [0.1, 0.15) is 0 Å². The Morgan fingerprint density at radius 3 is 2.46 bits per heavy atom. The molecule has 3 heteroatoms. The molecule has 0 aliphatic heterocycles. The third-order valence-electron chi connectivity index (χ3n) is 2.20. The van der Waals surface area contributed by atoms with Gasteiger partial charge in [0, 0.05) is 6.04 Å². The van der Waals surface area contributed by atoms with Crippen LogP contribution in [0.4, 0.5) is 0 Å². The number of carbonyl (C=O) groups is 1. The zero-order valence-corrected chi connectivity index (χ0v) is 8.97. The molecule has 0 heterocycles. The molecule has 0 fully saturated rings. The van der Waals surface area contributed by atoms with Crippen molar-refractivity contribution in [3.63, 3.8) is 0 Å². The number of nitrogens with two attached hydrogens (primary N) is 1. The first-order valence-electron chi connectivity index (χ1n) is 5.13. The Kier molecular flexibility index (Phi) is 6.59. The second kappa shape index (κ2) is 6.89. The van der Waals surface area contributed by atoms with E-state index in [0.717, 1.165) is 6.42 Å². The smallest absolute Gasteiger partial charge is 0.234 e. The molecule has 78 valence electrons. The van der Waals surface area contributed by atoms with Crippen LogP contribution in [-0.4, -0.2) is 18.0 Å². The highest BCUT2D eigenvalue weighted by Gasteiger charge is 2.10. The Balaban J connectivity index is 3.49. The molecule has 0 spiro atoms. The quantitative estimate of drug-likeness (QED) is 0.591. The van der Waals surface area contributed by atoms with Crippen molar-refractivity contribution in [1.29, 1.82) is 0 Å². The first-order chi connectivity index (χ1) is 6.07. The molecule has 0 saturated carbocycles. The molecule has 0 saturated heterocycles. The number of nitrogens with one attached hydrogen (secondary N) is 1. The zero-order valence-electron chi connectivity index (χ0n) is 8.97. The standard InChI is InChI=1S/C10H22N2O/c1-4-5-6-7-8(2)12-9(3)10(11)13/h8-9,12H,4-7H2,1-3H3,(H2,11,13). The number of amides is 1. The molecule has 0 bridgehead atoms. The number of primary amides is 1. The van der Waals surface area contributed by atoms with Gasteiger partial charge in [-0.2, -0.15) is 0 Å². The van der Waals surface area contributed by atoms with Crippen LogP contribution in [0.3, 0.4) is 0 Å². The molecular formula is C10H22N2O. The van der Waals surface area contributed by atoms with Crippen LogP contribution in [0.1, 0.15) is 46.5 Å². The van der Waals surface area contributed by atoms with Crippen molar-refractivity contribution in [3.05, 3.63) is 0 Å². The van der Waals surface area contributed by atoms with Crippen LogP contribution in [0.5, 0.6) is 0 Å². The third-order valence-corrected chi connectivity index (χ3v) is 2.20. The van der Waals surface area contributed by atoms with Crippen LogP contribution in [0.2, 0.25) is 0 Å². The number of rotatable bonds is 7. The highest BCUT2D eigenvalue weighted by molar-refractivity contribution is 5.79. The zero-order chi connectivity index (χ0) is 10.3. The summed E-state index contributed by atoms with van der Waals surface area (Å²) in [4.78, 5) is 10.7. The van der Waals surface area contributed by atoms with Gasteiger partial charge in [-0.25, -0.2) is 0 Å². The molecule has 3 N–H and O–H groups in total. The third kappa shape index (κ3) is 6.58. The minimum atomic E-state index is -0.276. The molecule has 13 heavy (non-hydrogen) atoms. The molecule has 0 aliphatic carbocycles. The SMILES string of the molecule is CCCCCC(C)NC(C)C(N)=O. The molecule has 2 atom stereocenters. The molecule has 0 rings (SSSR count). The molecule has 0 radical (unpaired) electrons. The van der Waals surface area contributed by atoms with Gasteiger partial charge < -0.3 is 11.1 Å². The normalized spacial score (nSPS) is 15.3. The fourth-order valence-electron chi connectivity index (χ4n) is 1.29. The van der Waals surface area contributed by atoms with Gasteiger partial charge in [-0.05, 0) is 20.3 Å². The summed E-state index contributed by atoms with van der Waals surface area (Å²) in [5, 5.41) is 3.16. The van der Waals surface area contributed by atoms with Gasteiger partial charge in [0.2, 0.25) is 5.91 Å². The van der Waals surface area contributed by atoms with Crippen molar-refractivity contribution < 1.29 is 4.79 Å². The summed E-state index contributed by atoms with van der Waals surface area (Å²) >= 11 is 0. The largest absolute Gasteiger partial charge is 0.368 e. The van der Waals surface area contributed by atoms with Gasteiger partial charge in [-0.3, -0.25) is 4.79 Å². The Morgan fingerprint density at radius 1 is 1.38 bits per heavy atom. The summed E-state index contributed by atoms with van der Waals surface area (Å²) in [5.41, 5.74) is 5.14. The van der Waals surface area contributed by atoms with Gasteiger partial charge in [-0.15, -0.1) is 0 Å². The van der Waals surface area contributed by atoms with Crippen LogP contribution in [0.15, 0.2) is 0 Å². The number of hydrogen-bond acceptors (Lipinski definition) is 2. The second-order valence-electron chi connectivity index (χ2n) is 3.69. The highest BCUT2D eigenvalue weighted by Crippen LogP contribution is 2.03. The molecule has 1 amide bonds. The molecule has 0 aliphatic rings. The fraction of sp³-hybridized carbons (Fsp3) is 0.900. The maximum absolute atomic E-state index is 10.7. The summed E-state index contributed by atoms with van der Waals surface area (Å²) in [6.07, 6.45) is 4.83. The molecule has 3 nitrogen and oxygen atoms in total. The predicted molar refractivity (Wildman–Crippen MR) is 55.4 cm³/mol.